The Bertz CT molecular complexity index is 1240. The van der Waals surface area contributed by atoms with E-state index in [1.807, 2.05) is 32.9 Å². The van der Waals surface area contributed by atoms with Crippen LogP contribution in [0.15, 0.2) is 48.5 Å². The van der Waals surface area contributed by atoms with Crippen molar-refractivity contribution in [2.75, 3.05) is 11.4 Å². The van der Waals surface area contributed by atoms with E-state index in [2.05, 4.69) is 65.4 Å². The van der Waals surface area contributed by atoms with E-state index in [-0.39, 0.29) is 11.8 Å². The van der Waals surface area contributed by atoms with Gasteiger partial charge in [-0.05, 0) is 77.3 Å². The van der Waals surface area contributed by atoms with Gasteiger partial charge in [-0.1, -0.05) is 42.8 Å². The van der Waals surface area contributed by atoms with Crippen molar-refractivity contribution in [1.82, 2.24) is 10.3 Å². The number of hydrogen-bond donors (Lipinski definition) is 3. The molecule has 4 rings (SSSR count). The first-order chi connectivity index (χ1) is 17.6. The minimum Gasteiger partial charge on any atom is -0.458 e. The van der Waals surface area contributed by atoms with Crippen LogP contribution in [-0.2, 0) is 20.9 Å². The summed E-state index contributed by atoms with van der Waals surface area (Å²) >= 11 is 0. The molecular weight excluding hydrogens is 464 g/mol. The molecule has 1 aromatic heterocycles. The van der Waals surface area contributed by atoms with E-state index < -0.39 is 23.7 Å². The maximum Gasteiger partial charge on any atom is 0.329 e. The van der Waals surface area contributed by atoms with Crippen LogP contribution in [0.2, 0.25) is 0 Å². The van der Waals surface area contributed by atoms with Gasteiger partial charge in [0.25, 0.3) is 0 Å². The Morgan fingerprint density at radius 1 is 1.14 bits per heavy atom. The van der Waals surface area contributed by atoms with Gasteiger partial charge in [0.2, 0.25) is 5.91 Å². The molecule has 7 heteroatoms. The lowest BCUT2D eigenvalue weighted by Crippen LogP contribution is -2.56. The Kier molecular flexibility index (Phi) is 7.93. The van der Waals surface area contributed by atoms with Crippen molar-refractivity contribution >= 4 is 28.5 Å². The smallest absolute Gasteiger partial charge is 0.329 e. The van der Waals surface area contributed by atoms with Crippen LogP contribution in [0.5, 0.6) is 0 Å². The van der Waals surface area contributed by atoms with Gasteiger partial charge in [0, 0.05) is 28.2 Å². The molecule has 37 heavy (non-hydrogen) atoms. The van der Waals surface area contributed by atoms with Gasteiger partial charge in [-0.15, -0.1) is 0 Å². The highest BCUT2D eigenvalue weighted by atomic mass is 16.6. The molecule has 3 atom stereocenters. The fourth-order valence-electron chi connectivity index (χ4n) is 5.29. The summed E-state index contributed by atoms with van der Waals surface area (Å²) in [6, 6.07) is 15.2. The summed E-state index contributed by atoms with van der Waals surface area (Å²) in [6.45, 7) is 10.8. The van der Waals surface area contributed by atoms with E-state index in [4.69, 9.17) is 10.5 Å². The number of amides is 1. The Hall–Kier alpha value is -3.32. The second kappa shape index (κ2) is 11.0. The number of rotatable bonds is 8. The maximum atomic E-state index is 14.0. The number of esters is 1. The number of aromatic amines is 1. The number of nitrogens with zero attached hydrogens (tertiary/aromatic N) is 1. The van der Waals surface area contributed by atoms with Crippen LogP contribution in [-0.4, -0.2) is 41.1 Å². The standard InChI is InChI=1S/C30H40N4O3/c1-19-13-15-21(16-14-19)34-18-25-26(22-10-6-7-11-23(22)32-25)20(2)27(34)28(35)33-24(12-8-9-17-31)29(36)37-30(3,4)5/h6-7,10-11,13-16,20,24,27,32H,8-9,12,17-18,31H2,1-5H3,(H,33,35). The van der Waals surface area contributed by atoms with Gasteiger partial charge in [0.1, 0.15) is 17.7 Å². The van der Waals surface area contributed by atoms with E-state index in [9.17, 15) is 9.59 Å². The maximum absolute atomic E-state index is 14.0. The SMILES string of the molecule is Cc1ccc(N2Cc3[nH]c4ccccc4c3C(C)C2C(=O)NC(CCCCN)C(=O)OC(C)(C)C)cc1. The summed E-state index contributed by atoms with van der Waals surface area (Å²) in [5, 5.41) is 4.21. The summed E-state index contributed by atoms with van der Waals surface area (Å²) in [4.78, 5) is 32.9. The quantitative estimate of drug-likeness (QED) is 0.299. The zero-order valence-corrected chi connectivity index (χ0v) is 22.6. The number of ether oxygens (including phenoxy) is 1. The van der Waals surface area contributed by atoms with Crippen molar-refractivity contribution in [3.05, 3.63) is 65.4 Å². The second-order valence-electron chi connectivity index (χ2n) is 11.1. The number of carbonyl (C=O) groups excluding carboxylic acids is 2. The van der Waals surface area contributed by atoms with Gasteiger partial charge in [-0.3, -0.25) is 4.79 Å². The van der Waals surface area contributed by atoms with Crippen molar-refractivity contribution in [3.8, 4) is 0 Å². The van der Waals surface area contributed by atoms with Gasteiger partial charge < -0.3 is 25.7 Å². The third-order valence-electron chi connectivity index (χ3n) is 7.01. The van der Waals surface area contributed by atoms with Gasteiger partial charge in [0.15, 0.2) is 0 Å². The number of aromatic nitrogens is 1. The Labute approximate surface area is 219 Å². The first-order valence-electron chi connectivity index (χ1n) is 13.2. The molecule has 0 aliphatic carbocycles. The van der Waals surface area contributed by atoms with E-state index in [0.717, 1.165) is 46.3 Å². The number of hydrogen-bond acceptors (Lipinski definition) is 5. The third-order valence-corrected chi connectivity index (χ3v) is 7.01. The molecule has 2 heterocycles. The van der Waals surface area contributed by atoms with Crippen LogP contribution in [0.3, 0.4) is 0 Å². The van der Waals surface area contributed by atoms with Crippen LogP contribution in [0.25, 0.3) is 10.9 Å². The average Bonchev–Trinajstić information content (AvgIpc) is 3.21. The van der Waals surface area contributed by atoms with Crippen molar-refractivity contribution in [1.29, 1.82) is 0 Å². The summed E-state index contributed by atoms with van der Waals surface area (Å²) < 4.78 is 5.67. The number of anilines is 1. The lowest BCUT2D eigenvalue weighted by Gasteiger charge is -2.41. The number of aryl methyl sites for hydroxylation is 1. The fourth-order valence-corrected chi connectivity index (χ4v) is 5.29. The van der Waals surface area contributed by atoms with Crippen molar-refractivity contribution in [2.24, 2.45) is 5.73 Å². The zero-order valence-electron chi connectivity index (χ0n) is 22.6. The second-order valence-corrected chi connectivity index (χ2v) is 11.1. The highest BCUT2D eigenvalue weighted by Crippen LogP contribution is 2.40. The molecule has 2 aromatic carbocycles. The minimum atomic E-state index is -0.727. The molecule has 0 spiro atoms. The average molecular weight is 505 g/mol. The molecule has 3 aromatic rings. The molecule has 0 saturated heterocycles. The summed E-state index contributed by atoms with van der Waals surface area (Å²) in [5.41, 5.74) is 10.5. The lowest BCUT2D eigenvalue weighted by molar-refractivity contribution is -0.159. The highest BCUT2D eigenvalue weighted by Gasteiger charge is 2.41. The van der Waals surface area contributed by atoms with E-state index >= 15 is 0 Å². The fraction of sp³-hybridized carbons (Fsp3) is 0.467. The van der Waals surface area contributed by atoms with Crippen LogP contribution in [0.4, 0.5) is 5.69 Å². The summed E-state index contributed by atoms with van der Waals surface area (Å²) in [7, 11) is 0. The number of fused-ring (bicyclic) bond motifs is 3. The normalized spacial score (nSPS) is 18.4. The molecule has 1 amide bonds. The zero-order chi connectivity index (χ0) is 26.7. The van der Waals surface area contributed by atoms with E-state index in [0.29, 0.717) is 19.5 Å². The van der Waals surface area contributed by atoms with Gasteiger partial charge in [0.05, 0.1) is 6.54 Å². The molecule has 1 aliphatic heterocycles. The molecule has 3 unspecified atom stereocenters. The van der Waals surface area contributed by atoms with E-state index in [1.54, 1.807) is 0 Å². The molecule has 7 nitrogen and oxygen atoms in total. The van der Waals surface area contributed by atoms with Crippen LogP contribution < -0.4 is 16.0 Å². The summed E-state index contributed by atoms with van der Waals surface area (Å²) in [6.07, 6.45) is 2.00. The Morgan fingerprint density at radius 2 is 1.84 bits per heavy atom. The molecule has 4 N–H and O–H groups in total. The number of unbranched alkanes of at least 4 members (excludes halogenated alkanes) is 1. The lowest BCUT2D eigenvalue weighted by atomic mass is 9.85. The van der Waals surface area contributed by atoms with Crippen LogP contribution in [0, 0.1) is 6.92 Å². The molecule has 0 saturated carbocycles. The predicted molar refractivity (Wildman–Crippen MR) is 149 cm³/mol. The third kappa shape index (κ3) is 5.99. The summed E-state index contributed by atoms with van der Waals surface area (Å²) in [5.74, 6) is -0.687. The van der Waals surface area contributed by atoms with Crippen LogP contribution in [0.1, 0.15) is 69.7 Å². The minimum absolute atomic E-state index is 0.107. The number of nitrogens with two attached hydrogens (primary N) is 1. The van der Waals surface area contributed by atoms with Gasteiger partial charge in [-0.2, -0.15) is 0 Å². The molecule has 0 fully saturated rings. The molecule has 0 bridgehead atoms. The number of benzene rings is 2. The van der Waals surface area contributed by atoms with Gasteiger partial charge >= 0.3 is 5.97 Å². The number of carbonyl (C=O) groups is 2. The molecular formula is C30H40N4O3. The Morgan fingerprint density at radius 3 is 2.51 bits per heavy atom. The predicted octanol–water partition coefficient (Wildman–Crippen LogP) is 4.92. The highest BCUT2D eigenvalue weighted by molar-refractivity contribution is 5.93. The largest absolute Gasteiger partial charge is 0.458 e. The number of para-hydroxylation sites is 1. The topological polar surface area (TPSA) is 100 Å². The van der Waals surface area contributed by atoms with Crippen molar-refractivity contribution < 1.29 is 14.3 Å². The molecule has 198 valence electrons. The molecule has 0 radical (unpaired) electrons. The Balaban J connectivity index is 1.69. The number of H-pyrrole nitrogens is 1. The molecule has 1 aliphatic rings. The monoisotopic (exact) mass is 504 g/mol. The van der Waals surface area contributed by atoms with Crippen molar-refractivity contribution in [2.45, 2.75) is 84.0 Å². The first-order valence-corrected chi connectivity index (χ1v) is 13.2. The number of nitrogens with one attached hydrogen (secondary N) is 2. The first kappa shape index (κ1) is 26.7. The van der Waals surface area contributed by atoms with Gasteiger partial charge in [-0.25, -0.2) is 4.79 Å². The van der Waals surface area contributed by atoms with Crippen LogP contribution >= 0.6 is 0 Å². The van der Waals surface area contributed by atoms with Crippen molar-refractivity contribution in [3.63, 3.8) is 0 Å². The van der Waals surface area contributed by atoms with E-state index in [1.165, 1.54) is 0 Å².